The molecule has 0 radical (unpaired) electrons. The van der Waals surface area contributed by atoms with Gasteiger partial charge >= 0.3 is 5.97 Å². The van der Waals surface area contributed by atoms with Crippen LogP contribution in [0.2, 0.25) is 0 Å². The predicted octanol–water partition coefficient (Wildman–Crippen LogP) is 4.07. The summed E-state index contributed by atoms with van der Waals surface area (Å²) in [6.45, 7) is 3.70. The largest absolute Gasteiger partial charge is 0.497 e. The van der Waals surface area contributed by atoms with E-state index in [1.807, 2.05) is 41.3 Å². The molecule has 0 bridgehead atoms. The van der Waals surface area contributed by atoms with Gasteiger partial charge in [0.15, 0.2) is 0 Å². The zero-order valence-corrected chi connectivity index (χ0v) is 21.6. The van der Waals surface area contributed by atoms with Gasteiger partial charge in [-0.2, -0.15) is 5.26 Å². The first-order valence-corrected chi connectivity index (χ1v) is 12.5. The first-order valence-electron chi connectivity index (χ1n) is 12.5. The SMILES string of the molecule is COC(=O)c1ccc(COC(CN2CCN(C(=O)c3ccc(C#N)cc3)CC2)c2cccc(OC)c2)cc1. The fourth-order valence-corrected chi connectivity index (χ4v) is 4.39. The van der Waals surface area contributed by atoms with Gasteiger partial charge in [0.2, 0.25) is 0 Å². The lowest BCUT2D eigenvalue weighted by molar-refractivity contribution is 0.00331. The average molecular weight is 514 g/mol. The first-order chi connectivity index (χ1) is 18.5. The Balaban J connectivity index is 1.40. The fourth-order valence-electron chi connectivity index (χ4n) is 4.39. The van der Waals surface area contributed by atoms with Crippen molar-refractivity contribution in [2.24, 2.45) is 0 Å². The van der Waals surface area contributed by atoms with Crippen molar-refractivity contribution in [2.45, 2.75) is 12.7 Å². The fraction of sp³-hybridized carbons (Fsp3) is 0.300. The molecule has 1 unspecified atom stereocenters. The number of amides is 1. The second-order valence-corrected chi connectivity index (χ2v) is 9.05. The lowest BCUT2D eigenvalue weighted by Crippen LogP contribution is -2.49. The number of benzene rings is 3. The van der Waals surface area contributed by atoms with Gasteiger partial charge in [-0.25, -0.2) is 4.79 Å². The van der Waals surface area contributed by atoms with Crippen LogP contribution in [0.5, 0.6) is 5.75 Å². The Morgan fingerprint density at radius 2 is 1.61 bits per heavy atom. The summed E-state index contributed by atoms with van der Waals surface area (Å²) in [5.41, 5.74) is 3.58. The molecule has 1 saturated heterocycles. The summed E-state index contributed by atoms with van der Waals surface area (Å²) in [5, 5.41) is 8.99. The number of hydrogen-bond acceptors (Lipinski definition) is 7. The summed E-state index contributed by atoms with van der Waals surface area (Å²) in [6, 6.07) is 23.9. The van der Waals surface area contributed by atoms with Crippen molar-refractivity contribution in [1.29, 1.82) is 5.26 Å². The number of nitriles is 1. The van der Waals surface area contributed by atoms with Gasteiger partial charge in [-0.3, -0.25) is 9.69 Å². The van der Waals surface area contributed by atoms with Crippen molar-refractivity contribution in [3.63, 3.8) is 0 Å². The Labute approximate surface area is 222 Å². The molecule has 38 heavy (non-hydrogen) atoms. The van der Waals surface area contributed by atoms with Crippen LogP contribution in [0, 0.1) is 11.3 Å². The third-order valence-electron chi connectivity index (χ3n) is 6.64. The van der Waals surface area contributed by atoms with Crippen LogP contribution in [-0.4, -0.2) is 68.6 Å². The van der Waals surface area contributed by atoms with Gasteiger partial charge in [0.1, 0.15) is 5.75 Å². The van der Waals surface area contributed by atoms with Crippen molar-refractivity contribution in [1.82, 2.24) is 9.80 Å². The van der Waals surface area contributed by atoms with Crippen LogP contribution in [0.25, 0.3) is 0 Å². The Morgan fingerprint density at radius 1 is 0.921 bits per heavy atom. The van der Waals surface area contributed by atoms with E-state index in [9.17, 15) is 9.59 Å². The highest BCUT2D eigenvalue weighted by molar-refractivity contribution is 5.94. The zero-order chi connectivity index (χ0) is 26.9. The summed E-state index contributed by atoms with van der Waals surface area (Å²) in [5.74, 6) is 0.366. The molecule has 1 atom stereocenters. The van der Waals surface area contributed by atoms with Gasteiger partial charge in [-0.15, -0.1) is 0 Å². The second kappa shape index (κ2) is 12.9. The minimum atomic E-state index is -0.372. The number of carbonyl (C=O) groups is 2. The van der Waals surface area contributed by atoms with E-state index in [0.717, 1.165) is 30.0 Å². The van der Waals surface area contributed by atoms with E-state index in [-0.39, 0.29) is 18.0 Å². The van der Waals surface area contributed by atoms with Gasteiger partial charge in [0, 0.05) is 38.3 Å². The summed E-state index contributed by atoms with van der Waals surface area (Å²) in [4.78, 5) is 28.8. The van der Waals surface area contributed by atoms with E-state index >= 15 is 0 Å². The van der Waals surface area contributed by atoms with Crippen molar-refractivity contribution in [3.05, 3.63) is 101 Å². The second-order valence-electron chi connectivity index (χ2n) is 9.05. The maximum atomic E-state index is 12.9. The molecular weight excluding hydrogens is 482 g/mol. The highest BCUT2D eigenvalue weighted by atomic mass is 16.5. The lowest BCUT2D eigenvalue weighted by atomic mass is 10.1. The van der Waals surface area contributed by atoms with E-state index < -0.39 is 0 Å². The third-order valence-corrected chi connectivity index (χ3v) is 6.64. The van der Waals surface area contributed by atoms with Crippen LogP contribution >= 0.6 is 0 Å². The lowest BCUT2D eigenvalue weighted by Gasteiger charge is -2.36. The molecule has 1 amide bonds. The molecule has 196 valence electrons. The minimum absolute atomic E-state index is 0.0230. The van der Waals surface area contributed by atoms with Crippen LogP contribution in [-0.2, 0) is 16.1 Å². The molecule has 0 aromatic heterocycles. The molecule has 4 rings (SSSR count). The van der Waals surface area contributed by atoms with Crippen LogP contribution < -0.4 is 4.74 Å². The topological polar surface area (TPSA) is 92.1 Å². The zero-order valence-electron chi connectivity index (χ0n) is 21.6. The highest BCUT2D eigenvalue weighted by Gasteiger charge is 2.25. The normalized spacial score (nSPS) is 14.4. The molecule has 0 saturated carbocycles. The standard InChI is InChI=1S/C30H31N3O5/c1-36-27-5-3-4-26(18-27)28(38-21-23-8-12-25(13-9-23)30(35)37-2)20-32-14-16-33(17-15-32)29(34)24-10-6-22(19-31)7-11-24/h3-13,18,28H,14-17,20-21H2,1-2H3. The molecule has 8 nitrogen and oxygen atoms in total. The molecular formula is C30H31N3O5. The number of methoxy groups -OCH3 is 2. The molecule has 3 aromatic rings. The number of nitrogens with zero attached hydrogens (tertiary/aromatic N) is 3. The van der Waals surface area contributed by atoms with E-state index in [1.54, 1.807) is 43.5 Å². The van der Waals surface area contributed by atoms with E-state index in [4.69, 9.17) is 19.5 Å². The Bertz CT molecular complexity index is 1280. The van der Waals surface area contributed by atoms with Crippen LogP contribution in [0.4, 0.5) is 0 Å². The van der Waals surface area contributed by atoms with Crippen LogP contribution in [0.15, 0.2) is 72.8 Å². The number of piperazine rings is 1. The molecule has 0 aliphatic carbocycles. The van der Waals surface area contributed by atoms with E-state index in [1.165, 1.54) is 7.11 Å². The molecule has 0 spiro atoms. The van der Waals surface area contributed by atoms with E-state index in [0.29, 0.717) is 42.9 Å². The molecule has 8 heteroatoms. The van der Waals surface area contributed by atoms with Crippen molar-refractivity contribution < 1.29 is 23.8 Å². The summed E-state index contributed by atoms with van der Waals surface area (Å²) < 4.78 is 16.6. The molecule has 1 aliphatic rings. The van der Waals surface area contributed by atoms with Gasteiger partial charge in [-0.05, 0) is 59.7 Å². The maximum Gasteiger partial charge on any atom is 0.337 e. The number of rotatable bonds is 9. The summed E-state index contributed by atoms with van der Waals surface area (Å²) in [6.07, 6.45) is -0.217. The monoisotopic (exact) mass is 513 g/mol. The molecule has 0 N–H and O–H groups in total. The van der Waals surface area contributed by atoms with E-state index in [2.05, 4.69) is 11.0 Å². The summed E-state index contributed by atoms with van der Waals surface area (Å²) >= 11 is 0. The van der Waals surface area contributed by atoms with Crippen molar-refractivity contribution >= 4 is 11.9 Å². The Hall–Kier alpha value is -4.19. The van der Waals surface area contributed by atoms with Gasteiger partial charge < -0.3 is 19.1 Å². The molecule has 1 heterocycles. The van der Waals surface area contributed by atoms with Gasteiger partial charge in [-0.1, -0.05) is 24.3 Å². The van der Waals surface area contributed by atoms with Crippen LogP contribution in [0.1, 0.15) is 43.5 Å². The minimum Gasteiger partial charge on any atom is -0.497 e. The molecule has 1 aliphatic heterocycles. The highest BCUT2D eigenvalue weighted by Crippen LogP contribution is 2.25. The van der Waals surface area contributed by atoms with Gasteiger partial charge in [0.05, 0.1) is 44.1 Å². The molecule has 1 fully saturated rings. The maximum absolute atomic E-state index is 12.9. The Morgan fingerprint density at radius 3 is 2.24 bits per heavy atom. The van der Waals surface area contributed by atoms with Crippen LogP contribution in [0.3, 0.4) is 0 Å². The summed E-state index contributed by atoms with van der Waals surface area (Å²) in [7, 11) is 3.00. The number of ether oxygens (including phenoxy) is 3. The number of carbonyl (C=O) groups excluding carboxylic acids is 2. The van der Waals surface area contributed by atoms with Crippen molar-refractivity contribution in [3.8, 4) is 11.8 Å². The molecule has 3 aromatic carbocycles. The number of esters is 1. The number of hydrogen-bond donors (Lipinski definition) is 0. The third kappa shape index (κ3) is 6.76. The first kappa shape index (κ1) is 26.9. The quantitative estimate of drug-likeness (QED) is 0.398. The van der Waals surface area contributed by atoms with Crippen molar-refractivity contribution in [2.75, 3.05) is 46.9 Å². The Kier molecular flexibility index (Phi) is 9.09. The van der Waals surface area contributed by atoms with Gasteiger partial charge in [0.25, 0.3) is 5.91 Å². The average Bonchev–Trinajstić information content (AvgIpc) is 2.99. The predicted molar refractivity (Wildman–Crippen MR) is 142 cm³/mol. The smallest absolute Gasteiger partial charge is 0.337 e.